The van der Waals surface area contributed by atoms with Gasteiger partial charge in [0.25, 0.3) is 5.91 Å². The highest BCUT2D eigenvalue weighted by Crippen LogP contribution is 2.41. The van der Waals surface area contributed by atoms with E-state index < -0.39 is 0 Å². The van der Waals surface area contributed by atoms with Crippen molar-refractivity contribution in [3.05, 3.63) is 30.1 Å². The lowest BCUT2D eigenvalue weighted by atomic mass is 9.71. The monoisotopic (exact) mass is 343 g/mol. The molecule has 5 heteroatoms. The number of hydrogen-bond acceptors (Lipinski definition) is 4. The zero-order valence-corrected chi connectivity index (χ0v) is 15.0. The quantitative estimate of drug-likeness (QED) is 0.846. The number of ether oxygens (including phenoxy) is 1. The van der Waals surface area contributed by atoms with Gasteiger partial charge in [0.2, 0.25) is 0 Å². The van der Waals surface area contributed by atoms with Gasteiger partial charge in [0.15, 0.2) is 0 Å². The molecule has 1 atom stereocenters. The van der Waals surface area contributed by atoms with Gasteiger partial charge in [-0.25, -0.2) is 0 Å². The number of aromatic nitrogens is 1. The number of amides is 1. The fourth-order valence-corrected chi connectivity index (χ4v) is 4.58. The minimum absolute atomic E-state index is 0.158. The molecule has 25 heavy (non-hydrogen) atoms. The molecule has 4 heterocycles. The van der Waals surface area contributed by atoms with Gasteiger partial charge in [-0.1, -0.05) is 6.07 Å². The number of rotatable bonds is 3. The van der Waals surface area contributed by atoms with Gasteiger partial charge in [0.05, 0.1) is 5.69 Å². The maximum atomic E-state index is 12.5. The zero-order valence-electron chi connectivity index (χ0n) is 15.0. The first-order chi connectivity index (χ1) is 12.2. The molecule has 136 valence electrons. The van der Waals surface area contributed by atoms with Gasteiger partial charge in [-0.3, -0.25) is 14.7 Å². The highest BCUT2D eigenvalue weighted by Gasteiger charge is 2.40. The van der Waals surface area contributed by atoms with Crippen molar-refractivity contribution in [2.75, 3.05) is 32.8 Å². The number of nitrogens with zero attached hydrogens (tertiary/aromatic N) is 3. The number of carbonyl (C=O) groups excluding carboxylic acids is 1. The van der Waals surface area contributed by atoms with Crippen molar-refractivity contribution in [2.45, 2.75) is 51.2 Å². The second-order valence-corrected chi connectivity index (χ2v) is 7.92. The number of carbonyl (C=O) groups is 1. The van der Waals surface area contributed by atoms with Crippen molar-refractivity contribution in [3.63, 3.8) is 0 Å². The van der Waals surface area contributed by atoms with Crippen LogP contribution in [0.25, 0.3) is 0 Å². The van der Waals surface area contributed by atoms with Crippen LogP contribution >= 0.6 is 0 Å². The Balaban J connectivity index is 1.26. The average Bonchev–Trinajstić information content (AvgIpc) is 3.20. The summed E-state index contributed by atoms with van der Waals surface area (Å²) >= 11 is 0. The van der Waals surface area contributed by atoms with Gasteiger partial charge in [0.1, 0.15) is 6.10 Å². The third-order valence-electron chi connectivity index (χ3n) is 6.37. The Labute approximate surface area is 150 Å². The van der Waals surface area contributed by atoms with E-state index in [0.29, 0.717) is 5.41 Å². The number of likely N-dealkylation sites (tertiary alicyclic amines) is 2. The molecule has 1 aromatic heterocycles. The fraction of sp³-hybridized carbons (Fsp3) is 0.700. The normalized spacial score (nSPS) is 26.9. The van der Waals surface area contributed by atoms with Crippen LogP contribution in [0.4, 0.5) is 0 Å². The summed E-state index contributed by atoms with van der Waals surface area (Å²) in [5.74, 6) is 0.236. The van der Waals surface area contributed by atoms with Crippen LogP contribution in [0.1, 0.15) is 44.2 Å². The minimum Gasteiger partial charge on any atom is -0.368 e. The van der Waals surface area contributed by atoms with Crippen LogP contribution < -0.4 is 0 Å². The molecular weight excluding hydrogens is 314 g/mol. The molecule has 0 N–H and O–H groups in total. The lowest BCUT2D eigenvalue weighted by Crippen LogP contribution is -2.50. The smallest absolute Gasteiger partial charge is 0.251 e. The number of pyridine rings is 1. The molecule has 3 saturated heterocycles. The molecule has 5 nitrogen and oxygen atoms in total. The van der Waals surface area contributed by atoms with E-state index in [1.165, 1.54) is 12.8 Å². The van der Waals surface area contributed by atoms with E-state index in [-0.39, 0.29) is 12.0 Å². The Morgan fingerprint density at radius 2 is 1.92 bits per heavy atom. The summed E-state index contributed by atoms with van der Waals surface area (Å²) in [5.41, 5.74) is 1.61. The van der Waals surface area contributed by atoms with Crippen molar-refractivity contribution in [1.29, 1.82) is 0 Å². The van der Waals surface area contributed by atoms with E-state index in [9.17, 15) is 4.79 Å². The molecule has 0 unspecified atom stereocenters. The molecule has 0 radical (unpaired) electrons. The molecule has 0 saturated carbocycles. The topological polar surface area (TPSA) is 45.7 Å². The molecular formula is C20H29N3O2. The van der Waals surface area contributed by atoms with Crippen LogP contribution in [0.15, 0.2) is 24.4 Å². The van der Waals surface area contributed by atoms with Crippen LogP contribution in [0.5, 0.6) is 0 Å². The maximum Gasteiger partial charge on any atom is 0.251 e. The number of piperidine rings is 2. The van der Waals surface area contributed by atoms with Gasteiger partial charge in [0, 0.05) is 32.4 Å². The second kappa shape index (κ2) is 7.42. The second-order valence-electron chi connectivity index (χ2n) is 7.92. The van der Waals surface area contributed by atoms with Crippen molar-refractivity contribution < 1.29 is 9.53 Å². The Hall–Kier alpha value is -1.46. The van der Waals surface area contributed by atoms with E-state index in [0.717, 1.165) is 70.7 Å². The first kappa shape index (κ1) is 17.0. The van der Waals surface area contributed by atoms with E-state index in [4.69, 9.17) is 4.74 Å². The third-order valence-corrected chi connectivity index (χ3v) is 6.37. The molecule has 0 aromatic carbocycles. The van der Waals surface area contributed by atoms with Crippen LogP contribution in [0.2, 0.25) is 0 Å². The van der Waals surface area contributed by atoms with Crippen LogP contribution in [0, 0.1) is 5.41 Å². The summed E-state index contributed by atoms with van der Waals surface area (Å²) in [5, 5.41) is 0. The highest BCUT2D eigenvalue weighted by atomic mass is 16.5. The van der Waals surface area contributed by atoms with E-state index in [2.05, 4.69) is 26.9 Å². The maximum absolute atomic E-state index is 12.5. The molecule has 1 spiro atoms. The largest absolute Gasteiger partial charge is 0.368 e. The molecule has 1 amide bonds. The Kier molecular flexibility index (Phi) is 5.04. The van der Waals surface area contributed by atoms with Gasteiger partial charge >= 0.3 is 0 Å². The molecule has 0 aliphatic carbocycles. The Bertz CT molecular complexity index is 568. The predicted molar refractivity (Wildman–Crippen MR) is 96.0 cm³/mol. The van der Waals surface area contributed by atoms with Gasteiger partial charge in [-0.2, -0.15) is 0 Å². The molecule has 1 aromatic rings. The molecule has 4 rings (SSSR count). The van der Waals surface area contributed by atoms with Crippen LogP contribution in [0.3, 0.4) is 0 Å². The average molecular weight is 343 g/mol. The lowest BCUT2D eigenvalue weighted by Gasteiger charge is -2.47. The predicted octanol–water partition coefficient (Wildman–Crippen LogP) is 2.47. The summed E-state index contributed by atoms with van der Waals surface area (Å²) in [6, 6.07) is 6.15. The summed E-state index contributed by atoms with van der Waals surface area (Å²) in [6.45, 7) is 5.84. The molecule has 0 bridgehead atoms. The first-order valence-electron chi connectivity index (χ1n) is 9.77. The lowest BCUT2D eigenvalue weighted by molar-refractivity contribution is -0.143. The van der Waals surface area contributed by atoms with Crippen LogP contribution in [-0.4, -0.2) is 59.6 Å². The summed E-state index contributed by atoms with van der Waals surface area (Å²) in [6.07, 6.45) is 8.47. The Morgan fingerprint density at radius 1 is 1.16 bits per heavy atom. The van der Waals surface area contributed by atoms with E-state index in [1.807, 2.05) is 12.3 Å². The number of hydrogen-bond donors (Lipinski definition) is 0. The summed E-state index contributed by atoms with van der Waals surface area (Å²) in [7, 11) is 0. The van der Waals surface area contributed by atoms with Gasteiger partial charge in [-0.05, 0) is 69.2 Å². The van der Waals surface area contributed by atoms with Gasteiger partial charge < -0.3 is 9.64 Å². The minimum atomic E-state index is -0.158. The molecule has 3 aliphatic heterocycles. The van der Waals surface area contributed by atoms with E-state index >= 15 is 0 Å². The Morgan fingerprint density at radius 3 is 2.56 bits per heavy atom. The first-order valence-corrected chi connectivity index (χ1v) is 9.77. The summed E-state index contributed by atoms with van der Waals surface area (Å²) < 4.78 is 5.57. The fourth-order valence-electron chi connectivity index (χ4n) is 4.58. The standard InChI is InChI=1S/C20H29N3O2/c24-19(18-5-3-15-25-18)23-13-8-20(9-14-23)6-11-22(12-7-20)16-17-4-1-2-10-21-17/h1-2,4,10,18H,3,5-9,11-16H2/t18-/m0/s1. The van der Waals surface area contributed by atoms with Gasteiger partial charge in [-0.15, -0.1) is 0 Å². The third kappa shape index (κ3) is 3.87. The van der Waals surface area contributed by atoms with Crippen LogP contribution in [-0.2, 0) is 16.1 Å². The van der Waals surface area contributed by atoms with Crippen molar-refractivity contribution in [1.82, 2.24) is 14.8 Å². The highest BCUT2D eigenvalue weighted by molar-refractivity contribution is 5.81. The van der Waals surface area contributed by atoms with Crippen molar-refractivity contribution >= 4 is 5.91 Å². The molecule has 3 fully saturated rings. The molecule has 3 aliphatic rings. The zero-order chi connectivity index (χ0) is 17.1. The summed E-state index contributed by atoms with van der Waals surface area (Å²) in [4.78, 5) is 21.5. The SMILES string of the molecule is O=C([C@@H]1CCCO1)N1CCC2(CCN(Cc3ccccn3)CC2)CC1. The van der Waals surface area contributed by atoms with Crippen molar-refractivity contribution in [2.24, 2.45) is 5.41 Å². The van der Waals surface area contributed by atoms with E-state index in [1.54, 1.807) is 0 Å². The van der Waals surface area contributed by atoms with Crippen molar-refractivity contribution in [3.8, 4) is 0 Å².